The lowest BCUT2D eigenvalue weighted by Crippen LogP contribution is -2.17. The van der Waals surface area contributed by atoms with E-state index in [1.54, 1.807) is 0 Å². The Morgan fingerprint density at radius 1 is 1.67 bits per heavy atom. The fourth-order valence-electron chi connectivity index (χ4n) is 1.49. The zero-order valence-electron chi connectivity index (χ0n) is 8.69. The molecule has 4 heteroatoms. The van der Waals surface area contributed by atoms with Gasteiger partial charge in [-0.05, 0) is 25.5 Å². The molecule has 0 radical (unpaired) electrons. The van der Waals surface area contributed by atoms with Gasteiger partial charge in [0.2, 0.25) is 0 Å². The van der Waals surface area contributed by atoms with Gasteiger partial charge in [-0.15, -0.1) is 11.3 Å². The second-order valence-electron chi connectivity index (χ2n) is 3.63. The third-order valence-electron chi connectivity index (χ3n) is 2.35. The smallest absolute Gasteiger partial charge is 0.198 e. The zero-order valence-corrected chi connectivity index (χ0v) is 9.51. The first-order chi connectivity index (χ1) is 7.25. The summed E-state index contributed by atoms with van der Waals surface area (Å²) in [5.41, 5.74) is 0. The van der Waals surface area contributed by atoms with Crippen LogP contribution in [-0.2, 0) is 9.47 Å². The molecule has 1 aromatic rings. The van der Waals surface area contributed by atoms with Gasteiger partial charge in [0.1, 0.15) is 6.61 Å². The van der Waals surface area contributed by atoms with Crippen molar-refractivity contribution in [3.05, 3.63) is 21.9 Å². The molecule has 2 heterocycles. The van der Waals surface area contributed by atoms with Gasteiger partial charge < -0.3 is 9.47 Å². The highest BCUT2D eigenvalue weighted by Crippen LogP contribution is 2.16. The minimum Gasteiger partial charge on any atom is -0.379 e. The van der Waals surface area contributed by atoms with E-state index in [4.69, 9.17) is 9.47 Å². The summed E-state index contributed by atoms with van der Waals surface area (Å²) in [5, 5.41) is 0. The van der Waals surface area contributed by atoms with E-state index in [1.807, 2.05) is 19.1 Å². The normalized spacial score (nSPS) is 20.7. The number of rotatable bonds is 4. The quantitative estimate of drug-likeness (QED) is 0.737. The van der Waals surface area contributed by atoms with Gasteiger partial charge in [-0.3, -0.25) is 4.79 Å². The van der Waals surface area contributed by atoms with E-state index in [-0.39, 0.29) is 18.5 Å². The van der Waals surface area contributed by atoms with Gasteiger partial charge in [-0.25, -0.2) is 0 Å². The van der Waals surface area contributed by atoms with Crippen LogP contribution in [0.15, 0.2) is 12.1 Å². The van der Waals surface area contributed by atoms with Crippen molar-refractivity contribution < 1.29 is 14.3 Å². The average molecular weight is 226 g/mol. The van der Waals surface area contributed by atoms with Crippen LogP contribution in [0.25, 0.3) is 0 Å². The van der Waals surface area contributed by atoms with Crippen LogP contribution in [0.3, 0.4) is 0 Å². The number of hydrogen-bond acceptors (Lipinski definition) is 4. The number of carbonyl (C=O) groups is 1. The first-order valence-corrected chi connectivity index (χ1v) is 5.86. The van der Waals surface area contributed by atoms with Crippen molar-refractivity contribution in [3.8, 4) is 0 Å². The number of ketones is 1. The number of aryl methyl sites for hydroxylation is 1. The largest absolute Gasteiger partial charge is 0.379 e. The Morgan fingerprint density at radius 2 is 2.53 bits per heavy atom. The fourth-order valence-corrected chi connectivity index (χ4v) is 2.29. The number of carbonyl (C=O) groups excluding carboxylic acids is 1. The van der Waals surface area contributed by atoms with Crippen LogP contribution in [0.1, 0.15) is 21.0 Å². The topological polar surface area (TPSA) is 35.5 Å². The monoisotopic (exact) mass is 226 g/mol. The van der Waals surface area contributed by atoms with E-state index in [2.05, 4.69) is 0 Å². The SMILES string of the molecule is Cc1ccc(C(=O)COC2CCOC2)s1. The van der Waals surface area contributed by atoms with Gasteiger partial charge in [0.15, 0.2) is 5.78 Å². The molecule has 0 amide bonds. The van der Waals surface area contributed by atoms with Crippen LogP contribution in [0.5, 0.6) is 0 Å². The predicted molar refractivity (Wildman–Crippen MR) is 58.6 cm³/mol. The lowest BCUT2D eigenvalue weighted by molar-refractivity contribution is 0.0392. The van der Waals surface area contributed by atoms with Gasteiger partial charge in [0.25, 0.3) is 0 Å². The molecule has 1 aromatic heterocycles. The molecule has 3 nitrogen and oxygen atoms in total. The van der Waals surface area contributed by atoms with Crippen molar-refractivity contribution in [3.63, 3.8) is 0 Å². The van der Waals surface area contributed by atoms with Gasteiger partial charge in [-0.1, -0.05) is 0 Å². The van der Waals surface area contributed by atoms with E-state index in [9.17, 15) is 4.79 Å². The van der Waals surface area contributed by atoms with Crippen LogP contribution in [0.4, 0.5) is 0 Å². The molecule has 0 spiro atoms. The average Bonchev–Trinajstić information content (AvgIpc) is 2.84. The van der Waals surface area contributed by atoms with Crippen molar-refractivity contribution in [2.75, 3.05) is 19.8 Å². The minimum atomic E-state index is 0.0694. The summed E-state index contributed by atoms with van der Waals surface area (Å²) in [5.74, 6) is 0.0694. The maximum Gasteiger partial charge on any atom is 0.198 e. The highest BCUT2D eigenvalue weighted by atomic mass is 32.1. The van der Waals surface area contributed by atoms with Gasteiger partial charge in [0.05, 0.1) is 17.6 Å². The Bertz CT molecular complexity index is 339. The van der Waals surface area contributed by atoms with Crippen molar-refractivity contribution in [1.82, 2.24) is 0 Å². The van der Waals surface area contributed by atoms with Crippen LogP contribution in [0, 0.1) is 6.92 Å². The minimum absolute atomic E-state index is 0.0694. The first kappa shape index (κ1) is 10.8. The molecule has 2 rings (SSSR count). The molecule has 82 valence electrons. The molecule has 0 bridgehead atoms. The molecule has 0 aromatic carbocycles. The molecule has 1 aliphatic rings. The summed E-state index contributed by atoms with van der Waals surface area (Å²) in [4.78, 5) is 13.6. The molecule has 0 saturated carbocycles. The lowest BCUT2D eigenvalue weighted by Gasteiger charge is -2.07. The number of Topliss-reactive ketones (excluding diaryl/α,β-unsaturated/α-hetero) is 1. The van der Waals surface area contributed by atoms with Crippen LogP contribution in [0.2, 0.25) is 0 Å². The maximum atomic E-state index is 11.7. The van der Waals surface area contributed by atoms with Crippen LogP contribution in [-0.4, -0.2) is 31.7 Å². The zero-order chi connectivity index (χ0) is 10.7. The molecular weight excluding hydrogens is 212 g/mol. The highest BCUT2D eigenvalue weighted by Gasteiger charge is 2.18. The van der Waals surface area contributed by atoms with Crippen LogP contribution >= 0.6 is 11.3 Å². The fraction of sp³-hybridized carbons (Fsp3) is 0.545. The summed E-state index contributed by atoms with van der Waals surface area (Å²) >= 11 is 1.52. The Labute approximate surface area is 93.0 Å². The van der Waals surface area contributed by atoms with Gasteiger partial charge >= 0.3 is 0 Å². The molecule has 1 fully saturated rings. The van der Waals surface area contributed by atoms with E-state index >= 15 is 0 Å². The second-order valence-corrected chi connectivity index (χ2v) is 4.92. The van der Waals surface area contributed by atoms with Crippen molar-refractivity contribution in [2.24, 2.45) is 0 Å². The molecule has 15 heavy (non-hydrogen) atoms. The Morgan fingerprint density at radius 3 is 3.13 bits per heavy atom. The number of hydrogen-bond donors (Lipinski definition) is 0. The number of thiophene rings is 1. The predicted octanol–water partition coefficient (Wildman–Crippen LogP) is 2.04. The van der Waals surface area contributed by atoms with Crippen molar-refractivity contribution in [2.45, 2.75) is 19.4 Å². The molecule has 1 aliphatic heterocycles. The van der Waals surface area contributed by atoms with E-state index in [1.165, 1.54) is 11.3 Å². The summed E-state index contributed by atoms with van der Waals surface area (Å²) in [7, 11) is 0. The van der Waals surface area contributed by atoms with E-state index in [0.29, 0.717) is 6.61 Å². The molecule has 1 unspecified atom stereocenters. The van der Waals surface area contributed by atoms with E-state index < -0.39 is 0 Å². The van der Waals surface area contributed by atoms with Gasteiger partial charge in [0, 0.05) is 11.5 Å². The summed E-state index contributed by atoms with van der Waals surface area (Å²) < 4.78 is 10.6. The summed E-state index contributed by atoms with van der Waals surface area (Å²) in [6.07, 6.45) is 1.01. The Hall–Kier alpha value is -0.710. The Kier molecular flexibility index (Phi) is 3.51. The molecule has 1 atom stereocenters. The first-order valence-electron chi connectivity index (χ1n) is 5.04. The number of ether oxygens (including phenoxy) is 2. The third kappa shape index (κ3) is 2.87. The highest BCUT2D eigenvalue weighted by molar-refractivity contribution is 7.14. The molecular formula is C11H14O3S. The molecule has 0 aliphatic carbocycles. The Balaban J connectivity index is 1.81. The molecule has 0 N–H and O–H groups in total. The van der Waals surface area contributed by atoms with Gasteiger partial charge in [-0.2, -0.15) is 0 Å². The van der Waals surface area contributed by atoms with Crippen molar-refractivity contribution >= 4 is 17.1 Å². The standard InChI is InChI=1S/C11H14O3S/c1-8-2-3-11(15-8)10(12)7-14-9-4-5-13-6-9/h2-3,9H,4-7H2,1H3. The third-order valence-corrected chi connectivity index (χ3v) is 3.39. The lowest BCUT2D eigenvalue weighted by atomic mass is 10.3. The summed E-state index contributed by atoms with van der Waals surface area (Å²) in [6.45, 7) is 3.54. The van der Waals surface area contributed by atoms with Crippen molar-refractivity contribution in [1.29, 1.82) is 0 Å². The van der Waals surface area contributed by atoms with Crippen LogP contribution < -0.4 is 0 Å². The second kappa shape index (κ2) is 4.88. The maximum absolute atomic E-state index is 11.7. The molecule has 1 saturated heterocycles. The summed E-state index contributed by atoms with van der Waals surface area (Å²) in [6, 6.07) is 3.81. The van der Waals surface area contributed by atoms with E-state index in [0.717, 1.165) is 22.8 Å².